The van der Waals surface area contributed by atoms with Crippen molar-refractivity contribution >= 4 is 33.1 Å². The van der Waals surface area contributed by atoms with Crippen LogP contribution in [-0.4, -0.2) is 17.4 Å². The van der Waals surface area contributed by atoms with Crippen molar-refractivity contribution in [1.29, 1.82) is 0 Å². The molecule has 4 nitrogen and oxygen atoms in total. The Kier molecular flexibility index (Phi) is 3.68. The predicted molar refractivity (Wildman–Crippen MR) is 87.8 cm³/mol. The molecule has 3 rings (SSSR count). The van der Waals surface area contributed by atoms with Crippen LogP contribution in [0.5, 0.6) is 0 Å². The van der Waals surface area contributed by atoms with Crippen LogP contribution < -0.4 is 11.1 Å². The lowest BCUT2D eigenvalue weighted by atomic mass is 10.1. The number of carbonyl (C=O) groups is 1. The van der Waals surface area contributed by atoms with E-state index in [4.69, 9.17) is 5.73 Å². The van der Waals surface area contributed by atoms with Crippen LogP contribution in [0.15, 0.2) is 17.7 Å². The summed E-state index contributed by atoms with van der Waals surface area (Å²) in [6, 6.07) is 2.11. The molecule has 1 amide bonds. The number of anilines is 1. The zero-order valence-electron chi connectivity index (χ0n) is 12.3. The zero-order valence-corrected chi connectivity index (χ0v) is 13.1. The van der Waals surface area contributed by atoms with E-state index in [0.29, 0.717) is 17.1 Å². The highest BCUT2D eigenvalue weighted by molar-refractivity contribution is 7.21. The van der Waals surface area contributed by atoms with E-state index in [1.807, 2.05) is 19.9 Å². The van der Waals surface area contributed by atoms with Crippen LogP contribution in [0.1, 0.15) is 41.2 Å². The monoisotopic (exact) mass is 301 g/mol. The molecule has 0 saturated carbocycles. The average molecular weight is 301 g/mol. The Hall–Kier alpha value is -1.88. The standard InChI is InChI=1S/C16H19N3OS/c1-9(2)6-7-18-15(20)14-13(17)11-8-10-4-3-5-12(10)19-16(11)21-14/h6,8H,3-5,7,17H2,1-2H3,(H,18,20). The minimum absolute atomic E-state index is 0.117. The normalized spacial score (nSPS) is 13.2. The SMILES string of the molecule is CC(C)=CCNC(=O)c1sc2nc3c(cc2c1N)CCC3. The molecule has 21 heavy (non-hydrogen) atoms. The zero-order chi connectivity index (χ0) is 15.0. The minimum Gasteiger partial charge on any atom is -0.397 e. The number of carbonyl (C=O) groups excluding carboxylic acids is 1. The van der Waals surface area contributed by atoms with Crippen LogP contribution in [-0.2, 0) is 12.8 Å². The van der Waals surface area contributed by atoms with Gasteiger partial charge in [0.25, 0.3) is 5.91 Å². The summed E-state index contributed by atoms with van der Waals surface area (Å²) < 4.78 is 0. The van der Waals surface area contributed by atoms with Gasteiger partial charge in [-0.2, -0.15) is 0 Å². The molecule has 0 aliphatic heterocycles. The highest BCUT2D eigenvalue weighted by atomic mass is 32.1. The van der Waals surface area contributed by atoms with Crippen molar-refractivity contribution < 1.29 is 4.79 Å². The number of pyridine rings is 1. The molecule has 0 bridgehead atoms. The summed E-state index contributed by atoms with van der Waals surface area (Å²) in [5.74, 6) is -0.117. The van der Waals surface area contributed by atoms with Crippen LogP contribution in [0.4, 0.5) is 5.69 Å². The first-order valence-corrected chi connectivity index (χ1v) is 8.00. The smallest absolute Gasteiger partial charge is 0.263 e. The highest BCUT2D eigenvalue weighted by Gasteiger charge is 2.20. The van der Waals surface area contributed by atoms with Crippen molar-refractivity contribution in [2.45, 2.75) is 33.1 Å². The fourth-order valence-corrected chi connectivity index (χ4v) is 3.61. The lowest BCUT2D eigenvalue weighted by Gasteiger charge is -2.01. The molecule has 0 atom stereocenters. The van der Waals surface area contributed by atoms with Crippen LogP contribution >= 0.6 is 11.3 Å². The number of nitrogens with one attached hydrogen (secondary N) is 1. The van der Waals surface area contributed by atoms with Gasteiger partial charge < -0.3 is 11.1 Å². The van der Waals surface area contributed by atoms with Crippen LogP contribution in [0, 0.1) is 0 Å². The first-order chi connectivity index (χ1) is 10.1. The fourth-order valence-electron chi connectivity index (χ4n) is 2.59. The molecule has 2 aromatic heterocycles. The van der Waals surface area contributed by atoms with Gasteiger partial charge in [-0.05, 0) is 44.7 Å². The fraction of sp³-hybridized carbons (Fsp3) is 0.375. The third-order valence-electron chi connectivity index (χ3n) is 3.73. The van der Waals surface area contributed by atoms with Crippen LogP contribution in [0.25, 0.3) is 10.2 Å². The second-order valence-electron chi connectivity index (χ2n) is 5.64. The molecule has 2 heterocycles. The number of hydrogen-bond donors (Lipinski definition) is 2. The maximum absolute atomic E-state index is 12.2. The van der Waals surface area contributed by atoms with Gasteiger partial charge in [-0.15, -0.1) is 11.3 Å². The number of aromatic nitrogens is 1. The molecular formula is C16H19N3OS. The molecular weight excluding hydrogens is 282 g/mol. The lowest BCUT2D eigenvalue weighted by Crippen LogP contribution is -2.23. The Morgan fingerprint density at radius 1 is 1.48 bits per heavy atom. The summed E-state index contributed by atoms with van der Waals surface area (Å²) >= 11 is 1.39. The Morgan fingerprint density at radius 2 is 2.29 bits per heavy atom. The summed E-state index contributed by atoms with van der Waals surface area (Å²) in [6.07, 6.45) is 5.24. The topological polar surface area (TPSA) is 68.0 Å². The van der Waals surface area contributed by atoms with Crippen molar-refractivity contribution in [3.8, 4) is 0 Å². The van der Waals surface area contributed by atoms with E-state index in [9.17, 15) is 4.79 Å². The number of allylic oxidation sites excluding steroid dienone is 1. The molecule has 3 N–H and O–H groups in total. The minimum atomic E-state index is -0.117. The van der Waals surface area contributed by atoms with E-state index < -0.39 is 0 Å². The van der Waals surface area contributed by atoms with Crippen molar-refractivity contribution in [1.82, 2.24) is 10.3 Å². The Labute approximate surface area is 128 Å². The number of thiophene rings is 1. The first kappa shape index (κ1) is 14.1. The van der Waals surface area contributed by atoms with E-state index in [0.717, 1.165) is 29.5 Å². The Balaban J connectivity index is 1.91. The number of nitrogen functional groups attached to an aromatic ring is 1. The van der Waals surface area contributed by atoms with Gasteiger partial charge in [-0.25, -0.2) is 4.98 Å². The largest absolute Gasteiger partial charge is 0.397 e. The molecule has 0 spiro atoms. The quantitative estimate of drug-likeness (QED) is 0.856. The Bertz CT molecular complexity index is 742. The van der Waals surface area contributed by atoms with Crippen molar-refractivity contribution in [3.63, 3.8) is 0 Å². The lowest BCUT2D eigenvalue weighted by molar-refractivity contribution is 0.0963. The molecule has 2 aromatic rings. The molecule has 1 aliphatic rings. The number of hydrogen-bond acceptors (Lipinski definition) is 4. The predicted octanol–water partition coefficient (Wildman–Crippen LogP) is 3.06. The van der Waals surface area contributed by atoms with Crippen molar-refractivity contribution in [3.05, 3.63) is 33.9 Å². The van der Waals surface area contributed by atoms with E-state index in [1.165, 1.54) is 28.2 Å². The molecule has 5 heteroatoms. The maximum atomic E-state index is 12.2. The van der Waals surface area contributed by atoms with Gasteiger partial charge in [0.2, 0.25) is 0 Å². The molecule has 1 aliphatic carbocycles. The van der Waals surface area contributed by atoms with Crippen molar-refractivity contribution in [2.24, 2.45) is 0 Å². The van der Waals surface area contributed by atoms with Gasteiger partial charge in [0.1, 0.15) is 9.71 Å². The van der Waals surface area contributed by atoms with Gasteiger partial charge in [0.15, 0.2) is 0 Å². The molecule has 110 valence electrons. The number of nitrogens with two attached hydrogens (primary N) is 1. The van der Waals surface area contributed by atoms with Crippen molar-refractivity contribution in [2.75, 3.05) is 12.3 Å². The Morgan fingerprint density at radius 3 is 3.05 bits per heavy atom. The number of nitrogens with zero attached hydrogens (tertiary/aromatic N) is 1. The molecule has 0 saturated heterocycles. The van der Waals surface area contributed by atoms with E-state index >= 15 is 0 Å². The van der Waals surface area contributed by atoms with Gasteiger partial charge in [-0.3, -0.25) is 4.79 Å². The summed E-state index contributed by atoms with van der Waals surface area (Å²) in [7, 11) is 0. The third-order valence-corrected chi connectivity index (χ3v) is 4.84. The summed E-state index contributed by atoms with van der Waals surface area (Å²) in [5.41, 5.74) is 10.3. The molecule has 0 fully saturated rings. The molecule has 0 radical (unpaired) electrons. The molecule has 0 unspecified atom stereocenters. The number of aryl methyl sites for hydroxylation is 2. The van der Waals surface area contributed by atoms with E-state index in [-0.39, 0.29) is 5.91 Å². The second kappa shape index (κ2) is 5.48. The van der Waals surface area contributed by atoms with Gasteiger partial charge in [0.05, 0.1) is 5.69 Å². The molecule has 0 aromatic carbocycles. The first-order valence-electron chi connectivity index (χ1n) is 7.18. The summed E-state index contributed by atoms with van der Waals surface area (Å²) in [4.78, 5) is 18.4. The highest BCUT2D eigenvalue weighted by Crippen LogP contribution is 2.35. The number of rotatable bonds is 3. The van der Waals surface area contributed by atoms with E-state index in [2.05, 4.69) is 16.4 Å². The number of fused-ring (bicyclic) bond motifs is 2. The average Bonchev–Trinajstić information content (AvgIpc) is 3.01. The van der Waals surface area contributed by atoms with Gasteiger partial charge in [-0.1, -0.05) is 11.6 Å². The third kappa shape index (κ3) is 2.65. The van der Waals surface area contributed by atoms with Crippen LogP contribution in [0.2, 0.25) is 0 Å². The van der Waals surface area contributed by atoms with Crippen LogP contribution in [0.3, 0.4) is 0 Å². The van der Waals surface area contributed by atoms with Gasteiger partial charge in [0, 0.05) is 17.6 Å². The van der Waals surface area contributed by atoms with E-state index in [1.54, 1.807) is 0 Å². The van der Waals surface area contributed by atoms with Gasteiger partial charge >= 0.3 is 0 Å². The maximum Gasteiger partial charge on any atom is 0.263 e. The number of amides is 1. The summed E-state index contributed by atoms with van der Waals surface area (Å²) in [6.45, 7) is 4.54. The second-order valence-corrected chi connectivity index (χ2v) is 6.64. The summed E-state index contributed by atoms with van der Waals surface area (Å²) in [5, 5.41) is 3.80.